The summed E-state index contributed by atoms with van der Waals surface area (Å²) in [5.74, 6) is 0.813. The van der Waals surface area contributed by atoms with Crippen LogP contribution in [0.3, 0.4) is 0 Å². The van der Waals surface area contributed by atoms with Crippen LogP contribution in [0.5, 0.6) is 0 Å². The Labute approximate surface area is 145 Å². The molecule has 0 unspecified atom stereocenters. The van der Waals surface area contributed by atoms with Crippen molar-refractivity contribution in [3.8, 4) is 0 Å². The van der Waals surface area contributed by atoms with Crippen molar-refractivity contribution in [1.82, 2.24) is 9.80 Å². The van der Waals surface area contributed by atoms with Gasteiger partial charge in [-0.1, -0.05) is 51.1 Å². The molecular weight excluding hydrogens is 300 g/mol. The van der Waals surface area contributed by atoms with Crippen molar-refractivity contribution in [3.05, 3.63) is 35.9 Å². The lowest BCUT2D eigenvalue weighted by Gasteiger charge is -2.34. The molecule has 1 aromatic carbocycles. The Bertz CT molecular complexity index is 552. The quantitative estimate of drug-likeness (QED) is 0.850. The third-order valence-corrected chi connectivity index (χ3v) is 5.44. The summed E-state index contributed by atoms with van der Waals surface area (Å²) in [5, 5.41) is 0. The van der Waals surface area contributed by atoms with Crippen LogP contribution in [0.15, 0.2) is 30.3 Å². The van der Waals surface area contributed by atoms with Crippen LogP contribution in [0.4, 0.5) is 0 Å². The minimum Gasteiger partial charge on any atom is -0.379 e. The number of carbonyl (C=O) groups excluding carboxylic acids is 1. The summed E-state index contributed by atoms with van der Waals surface area (Å²) in [6.07, 6.45) is 0.791. The summed E-state index contributed by atoms with van der Waals surface area (Å²) >= 11 is 0. The molecule has 0 aliphatic carbocycles. The number of nitrogens with zero attached hydrogens (tertiary/aromatic N) is 2. The maximum Gasteiger partial charge on any atom is 0.228 e. The average Bonchev–Trinajstić information content (AvgIpc) is 2.97. The molecule has 3 rings (SSSR count). The van der Waals surface area contributed by atoms with Crippen LogP contribution >= 0.6 is 0 Å². The van der Waals surface area contributed by atoms with E-state index in [4.69, 9.17) is 4.74 Å². The Hall–Kier alpha value is -1.39. The number of hydrogen-bond donors (Lipinski definition) is 0. The van der Waals surface area contributed by atoms with Gasteiger partial charge in [0.2, 0.25) is 5.91 Å². The Kier molecular flexibility index (Phi) is 5.26. The predicted molar refractivity (Wildman–Crippen MR) is 95.9 cm³/mol. The van der Waals surface area contributed by atoms with Gasteiger partial charge >= 0.3 is 0 Å². The molecule has 0 N–H and O–H groups in total. The Morgan fingerprint density at radius 2 is 1.83 bits per heavy atom. The highest BCUT2D eigenvalue weighted by atomic mass is 16.5. The number of carbonyl (C=O) groups is 1. The maximum absolute atomic E-state index is 13.1. The van der Waals surface area contributed by atoms with Crippen LogP contribution in [0.1, 0.15) is 26.3 Å². The van der Waals surface area contributed by atoms with E-state index in [1.807, 2.05) is 18.2 Å². The van der Waals surface area contributed by atoms with E-state index < -0.39 is 0 Å². The lowest BCUT2D eigenvalue weighted by atomic mass is 9.84. The summed E-state index contributed by atoms with van der Waals surface area (Å²) < 4.78 is 5.47. The normalized spacial score (nSPS) is 25.9. The number of rotatable bonds is 4. The summed E-state index contributed by atoms with van der Waals surface area (Å²) in [6, 6.07) is 10.8. The van der Waals surface area contributed by atoms with Gasteiger partial charge in [-0.25, -0.2) is 0 Å². The molecule has 4 heteroatoms. The van der Waals surface area contributed by atoms with Crippen LogP contribution in [0, 0.1) is 11.3 Å². The predicted octanol–water partition coefficient (Wildman–Crippen LogP) is 2.43. The minimum atomic E-state index is -0.360. The van der Waals surface area contributed by atoms with Gasteiger partial charge in [0.15, 0.2) is 0 Å². The third kappa shape index (κ3) is 3.81. The van der Waals surface area contributed by atoms with Crippen molar-refractivity contribution in [2.75, 3.05) is 39.4 Å². The van der Waals surface area contributed by atoms with Crippen molar-refractivity contribution < 1.29 is 9.53 Å². The zero-order valence-electron chi connectivity index (χ0n) is 15.2. The topological polar surface area (TPSA) is 32.8 Å². The van der Waals surface area contributed by atoms with Gasteiger partial charge in [0.1, 0.15) is 0 Å². The van der Waals surface area contributed by atoms with Crippen LogP contribution in [0.25, 0.3) is 0 Å². The molecule has 0 aromatic heterocycles. The van der Waals surface area contributed by atoms with E-state index in [1.54, 1.807) is 0 Å². The lowest BCUT2D eigenvalue weighted by molar-refractivity contribution is -0.139. The molecule has 1 amide bonds. The van der Waals surface area contributed by atoms with Crippen molar-refractivity contribution >= 4 is 5.91 Å². The Morgan fingerprint density at radius 3 is 2.50 bits per heavy atom. The van der Waals surface area contributed by atoms with Gasteiger partial charge in [0.25, 0.3) is 0 Å². The molecule has 2 fully saturated rings. The van der Waals surface area contributed by atoms with Crippen LogP contribution in [-0.2, 0) is 16.0 Å². The summed E-state index contributed by atoms with van der Waals surface area (Å²) in [5.41, 5.74) is 0.869. The molecule has 1 aromatic rings. The monoisotopic (exact) mass is 330 g/mol. The van der Waals surface area contributed by atoms with E-state index in [-0.39, 0.29) is 11.3 Å². The fraction of sp³-hybridized carbons (Fsp3) is 0.650. The van der Waals surface area contributed by atoms with E-state index in [1.165, 1.54) is 5.56 Å². The van der Waals surface area contributed by atoms with Crippen molar-refractivity contribution in [1.29, 1.82) is 0 Å². The SMILES string of the molecule is C[C@H]1CN(C(=O)C(C)(C)Cc2ccccc2)C[C@H]1N1CCOCC1. The molecule has 0 spiro atoms. The molecule has 0 radical (unpaired) electrons. The number of hydrogen-bond acceptors (Lipinski definition) is 3. The summed E-state index contributed by atoms with van der Waals surface area (Å²) in [6.45, 7) is 11.8. The Balaban J connectivity index is 1.64. The first-order chi connectivity index (χ1) is 11.5. The zero-order chi connectivity index (χ0) is 17.2. The second kappa shape index (κ2) is 7.24. The van der Waals surface area contributed by atoms with E-state index >= 15 is 0 Å². The van der Waals surface area contributed by atoms with E-state index in [9.17, 15) is 4.79 Å². The number of benzene rings is 1. The second-order valence-corrected chi connectivity index (χ2v) is 7.95. The zero-order valence-corrected chi connectivity index (χ0v) is 15.2. The molecule has 2 atom stereocenters. The second-order valence-electron chi connectivity index (χ2n) is 7.95. The van der Waals surface area contributed by atoms with Gasteiger partial charge in [-0.05, 0) is 17.9 Å². The average molecular weight is 330 g/mol. The molecular formula is C20H30N2O2. The van der Waals surface area contributed by atoms with Crippen LogP contribution in [0.2, 0.25) is 0 Å². The number of likely N-dealkylation sites (tertiary alicyclic amines) is 1. The van der Waals surface area contributed by atoms with Gasteiger partial charge in [0.05, 0.1) is 13.2 Å². The molecule has 0 saturated carbocycles. The van der Waals surface area contributed by atoms with E-state index in [0.29, 0.717) is 12.0 Å². The fourth-order valence-electron chi connectivity index (χ4n) is 4.11. The van der Waals surface area contributed by atoms with E-state index in [0.717, 1.165) is 45.8 Å². The van der Waals surface area contributed by atoms with Crippen molar-refractivity contribution in [3.63, 3.8) is 0 Å². The highest BCUT2D eigenvalue weighted by Crippen LogP contribution is 2.30. The van der Waals surface area contributed by atoms with E-state index in [2.05, 4.69) is 42.7 Å². The van der Waals surface area contributed by atoms with Crippen molar-refractivity contribution in [2.24, 2.45) is 11.3 Å². The minimum absolute atomic E-state index is 0.286. The highest BCUT2D eigenvalue weighted by molar-refractivity contribution is 5.82. The molecule has 0 bridgehead atoms. The summed E-state index contributed by atoms with van der Waals surface area (Å²) in [7, 11) is 0. The third-order valence-electron chi connectivity index (χ3n) is 5.44. The molecule has 2 heterocycles. The van der Waals surface area contributed by atoms with Gasteiger partial charge in [-0.2, -0.15) is 0 Å². The van der Waals surface area contributed by atoms with Gasteiger partial charge in [-0.15, -0.1) is 0 Å². The van der Waals surface area contributed by atoms with Gasteiger partial charge in [-0.3, -0.25) is 9.69 Å². The molecule has 2 aliphatic heterocycles. The number of morpholine rings is 1. The highest BCUT2D eigenvalue weighted by Gasteiger charge is 2.41. The van der Waals surface area contributed by atoms with Crippen LogP contribution in [-0.4, -0.2) is 61.1 Å². The first kappa shape index (κ1) is 17.4. The first-order valence-electron chi connectivity index (χ1n) is 9.12. The fourth-order valence-corrected chi connectivity index (χ4v) is 4.11. The smallest absolute Gasteiger partial charge is 0.228 e. The molecule has 132 valence electrons. The molecule has 2 aliphatic rings. The van der Waals surface area contributed by atoms with Gasteiger partial charge < -0.3 is 9.64 Å². The molecule has 4 nitrogen and oxygen atoms in total. The summed E-state index contributed by atoms with van der Waals surface area (Å²) in [4.78, 5) is 17.7. The number of amides is 1. The Morgan fingerprint density at radius 1 is 1.17 bits per heavy atom. The van der Waals surface area contributed by atoms with Gasteiger partial charge in [0, 0.05) is 37.6 Å². The number of ether oxygens (including phenoxy) is 1. The molecule has 24 heavy (non-hydrogen) atoms. The first-order valence-corrected chi connectivity index (χ1v) is 9.12. The van der Waals surface area contributed by atoms with Crippen molar-refractivity contribution in [2.45, 2.75) is 33.2 Å². The molecule has 2 saturated heterocycles. The standard InChI is InChI=1S/C20H30N2O2/c1-16-14-22(15-18(16)21-9-11-24-12-10-21)19(23)20(2,3)13-17-7-5-4-6-8-17/h4-8,16,18H,9-15H2,1-3H3/t16-,18+/m0/s1. The van der Waals surface area contributed by atoms with Crippen LogP contribution < -0.4 is 0 Å². The maximum atomic E-state index is 13.1. The lowest BCUT2D eigenvalue weighted by Crippen LogP contribution is -2.48. The largest absolute Gasteiger partial charge is 0.379 e.